The summed E-state index contributed by atoms with van der Waals surface area (Å²) in [4.78, 5) is 11.8. The first-order chi connectivity index (χ1) is 11.4. The number of halogens is 2. The summed E-state index contributed by atoms with van der Waals surface area (Å²) in [6.07, 6.45) is 0. The Balaban J connectivity index is 1.88. The molecule has 1 aromatic heterocycles. The summed E-state index contributed by atoms with van der Waals surface area (Å²) in [6.45, 7) is 4.67. The highest BCUT2D eigenvalue weighted by Gasteiger charge is 2.13. The van der Waals surface area contributed by atoms with Gasteiger partial charge in [0.15, 0.2) is 0 Å². The van der Waals surface area contributed by atoms with Crippen LogP contribution in [0.2, 0.25) is 10.0 Å². The lowest BCUT2D eigenvalue weighted by Gasteiger charge is -2.12. The van der Waals surface area contributed by atoms with Crippen molar-refractivity contribution in [1.29, 1.82) is 0 Å². The fraction of sp³-hybridized carbons (Fsp3) is 0.211. The normalized spacial score (nSPS) is 12.5. The lowest BCUT2D eigenvalue weighted by molar-refractivity contribution is -0.707. The second-order valence-corrected chi connectivity index (χ2v) is 6.81. The summed E-state index contributed by atoms with van der Waals surface area (Å²) in [5.41, 5.74) is 3.23. The highest BCUT2D eigenvalue weighted by atomic mass is 35.5. The SMILES string of the molecule is Cc1cc2oc(=O)cc(C[NH2+][C@H](C)c3ccc(Cl)cc3)c2cc1Cl. The highest BCUT2D eigenvalue weighted by Crippen LogP contribution is 2.25. The van der Waals surface area contributed by atoms with Gasteiger partial charge in [0.2, 0.25) is 0 Å². The molecule has 0 bridgehead atoms. The molecule has 0 aliphatic heterocycles. The van der Waals surface area contributed by atoms with Crippen molar-refractivity contribution in [2.24, 2.45) is 0 Å². The quantitative estimate of drug-likeness (QED) is 0.705. The molecule has 3 nitrogen and oxygen atoms in total. The van der Waals surface area contributed by atoms with E-state index >= 15 is 0 Å². The van der Waals surface area contributed by atoms with Gasteiger partial charge in [-0.3, -0.25) is 0 Å². The zero-order chi connectivity index (χ0) is 17.3. The van der Waals surface area contributed by atoms with Crippen molar-refractivity contribution in [3.63, 3.8) is 0 Å². The van der Waals surface area contributed by atoms with Gasteiger partial charge < -0.3 is 9.73 Å². The third-order valence-electron chi connectivity index (χ3n) is 4.20. The predicted octanol–water partition coefficient (Wildman–Crippen LogP) is 4.23. The topological polar surface area (TPSA) is 46.8 Å². The summed E-state index contributed by atoms with van der Waals surface area (Å²) in [5.74, 6) is 0. The van der Waals surface area contributed by atoms with Crippen LogP contribution in [0.4, 0.5) is 0 Å². The van der Waals surface area contributed by atoms with Crippen molar-refractivity contribution in [3.8, 4) is 0 Å². The van der Waals surface area contributed by atoms with Crippen LogP contribution in [0.15, 0.2) is 51.7 Å². The molecule has 0 aliphatic rings. The van der Waals surface area contributed by atoms with Gasteiger partial charge in [-0.25, -0.2) is 4.79 Å². The number of hydrogen-bond acceptors (Lipinski definition) is 2. The molecule has 0 radical (unpaired) electrons. The molecule has 0 aliphatic carbocycles. The molecule has 0 saturated carbocycles. The number of hydrogen-bond donors (Lipinski definition) is 1. The average molecular weight is 363 g/mol. The molecule has 124 valence electrons. The smallest absolute Gasteiger partial charge is 0.336 e. The van der Waals surface area contributed by atoms with Crippen LogP contribution < -0.4 is 10.9 Å². The largest absolute Gasteiger partial charge is 0.423 e. The van der Waals surface area contributed by atoms with Crippen molar-refractivity contribution < 1.29 is 9.73 Å². The summed E-state index contributed by atoms with van der Waals surface area (Å²) in [6, 6.07) is 13.3. The van der Waals surface area contributed by atoms with E-state index in [1.807, 2.05) is 43.3 Å². The van der Waals surface area contributed by atoms with Gasteiger partial charge in [0, 0.05) is 32.6 Å². The summed E-state index contributed by atoms with van der Waals surface area (Å²) < 4.78 is 5.30. The standard InChI is InChI=1S/C19H17Cl2NO2/c1-11-7-18-16(9-17(11)21)14(8-19(23)24-18)10-22-12(2)13-3-5-15(20)6-4-13/h3-9,12,22H,10H2,1-2H3/p+1/t12-/m1/s1. The van der Waals surface area contributed by atoms with E-state index in [9.17, 15) is 4.79 Å². The Bertz CT molecular complexity index is 932. The fourth-order valence-electron chi connectivity index (χ4n) is 2.72. The van der Waals surface area contributed by atoms with Gasteiger partial charge in [-0.1, -0.05) is 35.3 Å². The Labute approximate surface area is 150 Å². The zero-order valence-electron chi connectivity index (χ0n) is 13.5. The van der Waals surface area contributed by atoms with E-state index < -0.39 is 0 Å². The fourth-order valence-corrected chi connectivity index (χ4v) is 3.01. The Hall–Kier alpha value is -1.81. The molecule has 3 aromatic rings. The van der Waals surface area contributed by atoms with Gasteiger partial charge in [0.1, 0.15) is 18.2 Å². The van der Waals surface area contributed by atoms with E-state index in [1.54, 1.807) is 6.07 Å². The van der Waals surface area contributed by atoms with Crippen LogP contribution in [0, 0.1) is 6.92 Å². The highest BCUT2D eigenvalue weighted by molar-refractivity contribution is 6.32. The zero-order valence-corrected chi connectivity index (χ0v) is 15.0. The van der Waals surface area contributed by atoms with Gasteiger partial charge in [-0.2, -0.15) is 0 Å². The lowest BCUT2D eigenvalue weighted by Crippen LogP contribution is -2.83. The minimum absolute atomic E-state index is 0.241. The van der Waals surface area contributed by atoms with Crippen LogP contribution in [0.3, 0.4) is 0 Å². The van der Waals surface area contributed by atoms with Crippen LogP contribution in [-0.4, -0.2) is 0 Å². The minimum atomic E-state index is -0.341. The van der Waals surface area contributed by atoms with Crippen molar-refractivity contribution in [1.82, 2.24) is 0 Å². The molecule has 3 rings (SSSR count). The summed E-state index contributed by atoms with van der Waals surface area (Å²) in [5, 5.41) is 4.45. The second kappa shape index (κ2) is 6.98. The molecule has 0 unspecified atom stereocenters. The van der Waals surface area contributed by atoms with Crippen LogP contribution in [0.5, 0.6) is 0 Å². The monoisotopic (exact) mass is 362 g/mol. The van der Waals surface area contributed by atoms with Crippen LogP contribution in [-0.2, 0) is 6.54 Å². The van der Waals surface area contributed by atoms with E-state index in [2.05, 4.69) is 12.2 Å². The van der Waals surface area contributed by atoms with E-state index in [-0.39, 0.29) is 11.7 Å². The number of aryl methyl sites for hydroxylation is 1. The molecule has 5 heteroatoms. The van der Waals surface area contributed by atoms with E-state index in [0.29, 0.717) is 17.2 Å². The number of benzene rings is 2. The Kier molecular flexibility index (Phi) is 4.95. The minimum Gasteiger partial charge on any atom is -0.423 e. The third-order valence-corrected chi connectivity index (χ3v) is 4.86. The van der Waals surface area contributed by atoms with Gasteiger partial charge in [0.25, 0.3) is 0 Å². The predicted molar refractivity (Wildman–Crippen MR) is 97.7 cm³/mol. The van der Waals surface area contributed by atoms with E-state index in [0.717, 1.165) is 21.5 Å². The molecular weight excluding hydrogens is 345 g/mol. The maximum Gasteiger partial charge on any atom is 0.336 e. The van der Waals surface area contributed by atoms with Crippen LogP contribution in [0.1, 0.15) is 29.7 Å². The summed E-state index contributed by atoms with van der Waals surface area (Å²) in [7, 11) is 0. The van der Waals surface area contributed by atoms with Gasteiger partial charge in [-0.05, 0) is 43.7 Å². The van der Waals surface area contributed by atoms with Crippen molar-refractivity contribution in [3.05, 3.63) is 79.6 Å². The molecule has 2 N–H and O–H groups in total. The Morgan fingerprint density at radius 1 is 1.12 bits per heavy atom. The molecule has 1 heterocycles. The van der Waals surface area contributed by atoms with E-state index in [1.165, 1.54) is 5.56 Å². The molecule has 2 aromatic carbocycles. The third kappa shape index (κ3) is 3.64. The first kappa shape index (κ1) is 17.0. The number of nitrogens with two attached hydrogens (primary N) is 1. The molecule has 1 atom stereocenters. The Morgan fingerprint density at radius 2 is 1.83 bits per heavy atom. The second-order valence-electron chi connectivity index (χ2n) is 5.97. The first-order valence-corrected chi connectivity index (χ1v) is 8.51. The van der Waals surface area contributed by atoms with Crippen LogP contribution >= 0.6 is 23.2 Å². The maximum atomic E-state index is 11.8. The molecule has 0 fully saturated rings. The van der Waals surface area contributed by atoms with Crippen molar-refractivity contribution >= 4 is 34.2 Å². The van der Waals surface area contributed by atoms with Gasteiger partial charge in [-0.15, -0.1) is 0 Å². The van der Waals surface area contributed by atoms with Gasteiger partial charge >= 0.3 is 5.63 Å². The molecule has 0 amide bonds. The summed E-state index contributed by atoms with van der Waals surface area (Å²) >= 11 is 12.2. The van der Waals surface area contributed by atoms with Crippen LogP contribution in [0.25, 0.3) is 11.0 Å². The molecule has 0 saturated heterocycles. The lowest BCUT2D eigenvalue weighted by atomic mass is 10.1. The van der Waals surface area contributed by atoms with Crippen molar-refractivity contribution in [2.75, 3.05) is 0 Å². The Morgan fingerprint density at radius 3 is 2.54 bits per heavy atom. The van der Waals surface area contributed by atoms with E-state index in [4.69, 9.17) is 27.6 Å². The number of quaternary nitrogens is 1. The number of rotatable bonds is 4. The maximum absolute atomic E-state index is 11.8. The first-order valence-electron chi connectivity index (χ1n) is 7.75. The molecule has 24 heavy (non-hydrogen) atoms. The van der Waals surface area contributed by atoms with Crippen molar-refractivity contribution in [2.45, 2.75) is 26.4 Å². The molecular formula is C19H18Cl2NO2+. The average Bonchev–Trinajstić information content (AvgIpc) is 2.54. The molecule has 0 spiro atoms. The van der Waals surface area contributed by atoms with Gasteiger partial charge in [0.05, 0.1) is 0 Å². The number of fused-ring (bicyclic) bond motifs is 1.